The van der Waals surface area contributed by atoms with Crippen molar-refractivity contribution < 1.29 is 0 Å². The number of H-pyrrole nitrogens is 1. The van der Waals surface area contributed by atoms with Gasteiger partial charge in [0.2, 0.25) is 0 Å². The molecule has 0 amide bonds. The van der Waals surface area contributed by atoms with Crippen LogP contribution < -0.4 is 5.73 Å². The third-order valence-electron chi connectivity index (χ3n) is 2.36. The molecule has 0 aliphatic rings. The van der Waals surface area contributed by atoms with Crippen LogP contribution in [0.4, 0.5) is 0 Å². The number of aromatic amines is 1. The summed E-state index contributed by atoms with van der Waals surface area (Å²) in [6.07, 6.45) is 2.85. The third-order valence-corrected chi connectivity index (χ3v) is 3.01. The lowest BCUT2D eigenvalue weighted by molar-refractivity contribution is 0.517. The van der Waals surface area contributed by atoms with Crippen molar-refractivity contribution in [1.82, 2.24) is 4.98 Å². The second-order valence-corrected chi connectivity index (χ2v) is 5.54. The standard InChI is InChI=1S/C12H15BrN2/c1-12(2,14)6-8-3-4-9-10(13)7-15-11(9)5-8/h3-5,7,15H,6,14H2,1-2H3. The molecule has 0 bridgehead atoms. The van der Waals surface area contributed by atoms with E-state index in [9.17, 15) is 0 Å². The van der Waals surface area contributed by atoms with Gasteiger partial charge in [-0.3, -0.25) is 0 Å². The average molecular weight is 267 g/mol. The first-order chi connectivity index (χ1) is 6.96. The highest BCUT2D eigenvalue weighted by molar-refractivity contribution is 9.10. The molecule has 0 aliphatic carbocycles. The fraction of sp³-hybridized carbons (Fsp3) is 0.333. The molecule has 0 saturated heterocycles. The van der Waals surface area contributed by atoms with E-state index in [1.807, 2.05) is 20.0 Å². The molecular formula is C12H15BrN2. The summed E-state index contributed by atoms with van der Waals surface area (Å²) in [6, 6.07) is 6.42. The Morgan fingerprint density at radius 3 is 2.80 bits per heavy atom. The summed E-state index contributed by atoms with van der Waals surface area (Å²) in [5, 5.41) is 1.22. The number of nitrogens with two attached hydrogens (primary N) is 1. The normalized spacial score (nSPS) is 12.3. The van der Waals surface area contributed by atoms with Crippen LogP contribution in [0, 0.1) is 0 Å². The zero-order valence-corrected chi connectivity index (χ0v) is 10.6. The Morgan fingerprint density at radius 1 is 1.40 bits per heavy atom. The number of nitrogens with one attached hydrogen (secondary N) is 1. The van der Waals surface area contributed by atoms with Gasteiger partial charge < -0.3 is 10.7 Å². The van der Waals surface area contributed by atoms with Gasteiger partial charge in [0, 0.05) is 27.1 Å². The number of hydrogen-bond acceptors (Lipinski definition) is 1. The summed E-state index contributed by atoms with van der Waals surface area (Å²) in [6.45, 7) is 4.09. The summed E-state index contributed by atoms with van der Waals surface area (Å²) < 4.78 is 1.11. The van der Waals surface area contributed by atoms with E-state index in [0.717, 1.165) is 16.4 Å². The van der Waals surface area contributed by atoms with Crippen molar-refractivity contribution in [3.8, 4) is 0 Å². The Bertz CT molecular complexity index is 480. The van der Waals surface area contributed by atoms with Crippen LogP contribution in [0.5, 0.6) is 0 Å². The highest BCUT2D eigenvalue weighted by atomic mass is 79.9. The fourth-order valence-electron chi connectivity index (χ4n) is 1.77. The quantitative estimate of drug-likeness (QED) is 0.861. The summed E-state index contributed by atoms with van der Waals surface area (Å²) in [4.78, 5) is 3.23. The first kappa shape index (κ1) is 10.7. The van der Waals surface area contributed by atoms with E-state index in [1.54, 1.807) is 0 Å². The first-order valence-electron chi connectivity index (χ1n) is 5.00. The predicted molar refractivity (Wildman–Crippen MR) is 68.0 cm³/mol. The number of aromatic nitrogens is 1. The maximum absolute atomic E-state index is 6.00. The molecule has 2 rings (SSSR count). The lowest BCUT2D eigenvalue weighted by Crippen LogP contribution is -2.34. The molecule has 3 heteroatoms. The molecule has 1 aromatic carbocycles. The van der Waals surface area contributed by atoms with Gasteiger partial charge in [0.05, 0.1) is 0 Å². The van der Waals surface area contributed by atoms with Crippen LogP contribution in [0.25, 0.3) is 10.9 Å². The second-order valence-electron chi connectivity index (χ2n) is 4.68. The van der Waals surface area contributed by atoms with Gasteiger partial charge in [0.15, 0.2) is 0 Å². The van der Waals surface area contributed by atoms with E-state index in [4.69, 9.17) is 5.73 Å². The summed E-state index contributed by atoms with van der Waals surface area (Å²) in [5.41, 5.74) is 8.27. The Balaban J connectivity index is 2.39. The minimum atomic E-state index is -0.155. The van der Waals surface area contributed by atoms with Crippen molar-refractivity contribution in [2.75, 3.05) is 0 Å². The maximum atomic E-state index is 6.00. The van der Waals surface area contributed by atoms with E-state index < -0.39 is 0 Å². The Morgan fingerprint density at radius 2 is 2.13 bits per heavy atom. The van der Waals surface area contributed by atoms with Crippen molar-refractivity contribution in [2.45, 2.75) is 25.8 Å². The zero-order valence-electron chi connectivity index (χ0n) is 8.97. The Hall–Kier alpha value is -0.800. The van der Waals surface area contributed by atoms with Crippen molar-refractivity contribution in [1.29, 1.82) is 0 Å². The number of rotatable bonds is 2. The summed E-state index contributed by atoms with van der Waals surface area (Å²) in [7, 11) is 0. The monoisotopic (exact) mass is 266 g/mol. The van der Waals surface area contributed by atoms with Crippen molar-refractivity contribution >= 4 is 26.8 Å². The molecule has 0 fully saturated rings. The number of fused-ring (bicyclic) bond motifs is 1. The van der Waals surface area contributed by atoms with Gasteiger partial charge in [0.1, 0.15) is 0 Å². The number of benzene rings is 1. The molecule has 3 N–H and O–H groups in total. The smallest absolute Gasteiger partial charge is 0.0468 e. The van der Waals surface area contributed by atoms with Crippen molar-refractivity contribution in [3.05, 3.63) is 34.4 Å². The Kier molecular flexibility index (Phi) is 2.61. The van der Waals surface area contributed by atoms with E-state index in [2.05, 4.69) is 39.1 Å². The van der Waals surface area contributed by atoms with Gasteiger partial charge in [-0.25, -0.2) is 0 Å². The minimum absolute atomic E-state index is 0.155. The fourth-order valence-corrected chi connectivity index (χ4v) is 2.23. The maximum Gasteiger partial charge on any atom is 0.0468 e. The highest BCUT2D eigenvalue weighted by Crippen LogP contribution is 2.25. The molecule has 0 radical (unpaired) electrons. The average Bonchev–Trinajstić information content (AvgIpc) is 2.45. The summed E-state index contributed by atoms with van der Waals surface area (Å²) in [5.74, 6) is 0. The molecule has 80 valence electrons. The molecule has 0 spiro atoms. The van der Waals surface area contributed by atoms with Crippen LogP contribution in [-0.4, -0.2) is 10.5 Å². The third kappa shape index (κ3) is 2.41. The van der Waals surface area contributed by atoms with Crippen LogP contribution in [0.3, 0.4) is 0 Å². The van der Waals surface area contributed by atoms with Gasteiger partial charge in [-0.1, -0.05) is 12.1 Å². The molecule has 0 unspecified atom stereocenters. The van der Waals surface area contributed by atoms with Gasteiger partial charge in [-0.15, -0.1) is 0 Å². The van der Waals surface area contributed by atoms with E-state index in [0.29, 0.717) is 0 Å². The molecule has 0 atom stereocenters. The minimum Gasteiger partial charge on any atom is -0.360 e. The van der Waals surface area contributed by atoms with Gasteiger partial charge in [-0.05, 0) is 47.8 Å². The van der Waals surface area contributed by atoms with Gasteiger partial charge in [-0.2, -0.15) is 0 Å². The van der Waals surface area contributed by atoms with Gasteiger partial charge in [0.25, 0.3) is 0 Å². The number of halogens is 1. The van der Waals surface area contributed by atoms with Crippen molar-refractivity contribution in [3.63, 3.8) is 0 Å². The summed E-state index contributed by atoms with van der Waals surface area (Å²) >= 11 is 3.50. The van der Waals surface area contributed by atoms with E-state index in [1.165, 1.54) is 10.9 Å². The van der Waals surface area contributed by atoms with Crippen LogP contribution in [0.2, 0.25) is 0 Å². The highest BCUT2D eigenvalue weighted by Gasteiger charge is 2.12. The van der Waals surface area contributed by atoms with Crippen LogP contribution in [0.1, 0.15) is 19.4 Å². The predicted octanol–water partition coefficient (Wildman–Crippen LogP) is 3.21. The SMILES string of the molecule is CC(C)(N)Cc1ccc2c(Br)c[nH]c2c1. The molecule has 0 saturated carbocycles. The topological polar surface area (TPSA) is 41.8 Å². The number of hydrogen-bond donors (Lipinski definition) is 2. The molecule has 2 aromatic rings. The Labute approximate surface area is 98.0 Å². The lowest BCUT2D eigenvalue weighted by Gasteiger charge is -2.18. The van der Waals surface area contributed by atoms with Crippen LogP contribution in [0.15, 0.2) is 28.9 Å². The molecule has 15 heavy (non-hydrogen) atoms. The molecule has 0 aliphatic heterocycles. The van der Waals surface area contributed by atoms with E-state index >= 15 is 0 Å². The zero-order chi connectivity index (χ0) is 11.1. The molecule has 1 aromatic heterocycles. The molecule has 1 heterocycles. The lowest BCUT2D eigenvalue weighted by atomic mass is 9.96. The van der Waals surface area contributed by atoms with Crippen molar-refractivity contribution in [2.24, 2.45) is 5.73 Å². The molecule has 2 nitrogen and oxygen atoms in total. The largest absolute Gasteiger partial charge is 0.360 e. The van der Waals surface area contributed by atoms with Crippen LogP contribution >= 0.6 is 15.9 Å². The second kappa shape index (κ2) is 3.65. The van der Waals surface area contributed by atoms with Crippen LogP contribution in [-0.2, 0) is 6.42 Å². The van der Waals surface area contributed by atoms with Gasteiger partial charge >= 0.3 is 0 Å². The first-order valence-corrected chi connectivity index (χ1v) is 5.79. The van der Waals surface area contributed by atoms with E-state index in [-0.39, 0.29) is 5.54 Å². The molecular weight excluding hydrogens is 252 g/mol.